The van der Waals surface area contributed by atoms with E-state index in [4.69, 9.17) is 9.84 Å². The van der Waals surface area contributed by atoms with Crippen LogP contribution in [0.25, 0.3) is 10.9 Å². The number of carbonyl (C=O) groups excluding carboxylic acids is 1. The highest BCUT2D eigenvalue weighted by Crippen LogP contribution is 2.29. The number of aromatic amines is 1. The van der Waals surface area contributed by atoms with Crippen LogP contribution in [0, 0.1) is 0 Å². The topological polar surface area (TPSA) is 87.2 Å². The average molecular weight is 415 g/mol. The minimum absolute atomic E-state index is 0.0421. The van der Waals surface area contributed by atoms with Gasteiger partial charge in [0, 0.05) is 35.3 Å². The number of nitrogens with zero attached hydrogens (tertiary/aromatic N) is 1. The molecule has 2 heterocycles. The SMILES string of the molecule is COc1cncc(NC(C(=O)c2c[nH]c3ccc(CCCO)cc23)c2ccccc2)c1. The molecule has 31 heavy (non-hydrogen) atoms. The number of ketones is 1. The van der Waals surface area contributed by atoms with E-state index < -0.39 is 6.04 Å². The number of fused-ring (bicyclic) bond motifs is 1. The molecule has 1 unspecified atom stereocenters. The maximum absolute atomic E-state index is 13.7. The predicted octanol–water partition coefficient (Wildman–Crippen LogP) is 4.53. The summed E-state index contributed by atoms with van der Waals surface area (Å²) in [4.78, 5) is 21.1. The zero-order chi connectivity index (χ0) is 21.6. The monoisotopic (exact) mass is 415 g/mol. The maximum Gasteiger partial charge on any atom is 0.191 e. The first kappa shape index (κ1) is 20.6. The Kier molecular flexibility index (Phi) is 6.29. The second-order valence-corrected chi connectivity index (χ2v) is 7.38. The van der Waals surface area contributed by atoms with Crippen molar-refractivity contribution >= 4 is 22.4 Å². The van der Waals surface area contributed by atoms with Crippen molar-refractivity contribution in [1.82, 2.24) is 9.97 Å². The highest BCUT2D eigenvalue weighted by molar-refractivity contribution is 6.11. The van der Waals surface area contributed by atoms with Crippen molar-refractivity contribution in [3.8, 4) is 5.75 Å². The minimum atomic E-state index is -0.588. The van der Waals surface area contributed by atoms with Gasteiger partial charge in [-0.1, -0.05) is 36.4 Å². The van der Waals surface area contributed by atoms with Crippen LogP contribution in [0.4, 0.5) is 5.69 Å². The molecule has 0 fully saturated rings. The Morgan fingerprint density at radius 1 is 1.16 bits per heavy atom. The molecule has 0 radical (unpaired) electrons. The van der Waals surface area contributed by atoms with Crippen molar-refractivity contribution in [3.63, 3.8) is 0 Å². The summed E-state index contributed by atoms with van der Waals surface area (Å²) in [7, 11) is 1.58. The zero-order valence-electron chi connectivity index (χ0n) is 17.3. The third kappa shape index (κ3) is 4.59. The Morgan fingerprint density at radius 2 is 2.00 bits per heavy atom. The number of hydrogen-bond donors (Lipinski definition) is 3. The third-order valence-corrected chi connectivity index (χ3v) is 5.29. The summed E-state index contributed by atoms with van der Waals surface area (Å²) < 4.78 is 5.27. The lowest BCUT2D eigenvalue weighted by Crippen LogP contribution is -2.21. The third-order valence-electron chi connectivity index (χ3n) is 5.29. The van der Waals surface area contributed by atoms with Crippen LogP contribution < -0.4 is 10.1 Å². The molecule has 0 spiro atoms. The van der Waals surface area contributed by atoms with Crippen LogP contribution in [-0.2, 0) is 6.42 Å². The first-order valence-electron chi connectivity index (χ1n) is 10.2. The molecule has 158 valence electrons. The molecule has 0 saturated heterocycles. The Bertz CT molecular complexity index is 1170. The normalized spacial score (nSPS) is 11.9. The maximum atomic E-state index is 13.7. The number of nitrogens with one attached hydrogen (secondary N) is 2. The van der Waals surface area contributed by atoms with E-state index in [9.17, 15) is 4.79 Å². The van der Waals surface area contributed by atoms with E-state index in [1.54, 1.807) is 25.7 Å². The zero-order valence-corrected chi connectivity index (χ0v) is 17.3. The average Bonchev–Trinajstić information content (AvgIpc) is 3.24. The lowest BCUT2D eigenvalue weighted by molar-refractivity contribution is 0.0971. The number of rotatable bonds is 9. The van der Waals surface area contributed by atoms with Gasteiger partial charge in [-0.3, -0.25) is 9.78 Å². The fourth-order valence-corrected chi connectivity index (χ4v) is 3.69. The van der Waals surface area contributed by atoms with Gasteiger partial charge in [0.25, 0.3) is 0 Å². The van der Waals surface area contributed by atoms with Gasteiger partial charge < -0.3 is 20.1 Å². The molecule has 0 aliphatic heterocycles. The lowest BCUT2D eigenvalue weighted by Gasteiger charge is -2.19. The number of aryl methyl sites for hydroxylation is 1. The Balaban J connectivity index is 1.72. The number of aliphatic hydroxyl groups excluding tert-OH is 1. The van der Waals surface area contributed by atoms with E-state index >= 15 is 0 Å². The summed E-state index contributed by atoms with van der Waals surface area (Å²) in [6, 6.07) is 16.9. The molecule has 6 heteroatoms. The number of aromatic nitrogens is 2. The summed E-state index contributed by atoms with van der Waals surface area (Å²) in [5, 5.41) is 13.4. The predicted molar refractivity (Wildman–Crippen MR) is 122 cm³/mol. The van der Waals surface area contributed by atoms with Crippen LogP contribution >= 0.6 is 0 Å². The molecule has 3 N–H and O–H groups in total. The molecule has 0 amide bonds. The molecule has 0 bridgehead atoms. The molecular weight excluding hydrogens is 390 g/mol. The summed E-state index contributed by atoms with van der Waals surface area (Å²) >= 11 is 0. The van der Waals surface area contributed by atoms with Gasteiger partial charge in [-0.2, -0.15) is 0 Å². The summed E-state index contributed by atoms with van der Waals surface area (Å²) in [5.41, 5.74) is 4.19. The van der Waals surface area contributed by atoms with Crippen LogP contribution in [0.15, 0.2) is 73.2 Å². The number of hydrogen-bond acceptors (Lipinski definition) is 5. The second-order valence-electron chi connectivity index (χ2n) is 7.38. The number of ether oxygens (including phenoxy) is 1. The first-order chi connectivity index (χ1) is 15.2. The molecule has 2 aromatic carbocycles. The Hall–Kier alpha value is -3.64. The fraction of sp³-hybridized carbons (Fsp3) is 0.200. The molecular formula is C25H25N3O3. The molecule has 0 aliphatic rings. The number of aliphatic hydroxyl groups is 1. The molecule has 4 rings (SSSR count). The van der Waals surface area contributed by atoms with E-state index in [2.05, 4.69) is 15.3 Å². The smallest absolute Gasteiger partial charge is 0.191 e. The number of Topliss-reactive ketones (excluding diaryl/α,β-unsaturated/α-hetero) is 1. The van der Waals surface area contributed by atoms with Crippen molar-refractivity contribution in [2.75, 3.05) is 19.0 Å². The molecule has 4 aromatic rings. The van der Waals surface area contributed by atoms with Gasteiger partial charge in [0.2, 0.25) is 0 Å². The number of benzene rings is 2. The van der Waals surface area contributed by atoms with Crippen LogP contribution in [0.1, 0.15) is 33.9 Å². The highest BCUT2D eigenvalue weighted by Gasteiger charge is 2.25. The van der Waals surface area contributed by atoms with Crippen molar-refractivity contribution in [1.29, 1.82) is 0 Å². The van der Waals surface area contributed by atoms with Crippen LogP contribution in [-0.4, -0.2) is 34.6 Å². The summed E-state index contributed by atoms with van der Waals surface area (Å²) in [6.07, 6.45) is 6.52. The number of anilines is 1. The van der Waals surface area contributed by atoms with Crippen molar-refractivity contribution in [2.45, 2.75) is 18.9 Å². The number of pyridine rings is 1. The molecule has 0 aliphatic carbocycles. The van der Waals surface area contributed by atoms with Crippen LogP contribution in [0.2, 0.25) is 0 Å². The van der Waals surface area contributed by atoms with E-state index in [-0.39, 0.29) is 12.4 Å². The van der Waals surface area contributed by atoms with E-state index in [0.717, 1.165) is 28.5 Å². The summed E-state index contributed by atoms with van der Waals surface area (Å²) in [6.45, 7) is 0.144. The van der Waals surface area contributed by atoms with Gasteiger partial charge in [0.1, 0.15) is 11.8 Å². The standard InChI is InChI=1S/C25H25N3O3/c1-31-20-13-19(14-26-15-20)28-24(18-7-3-2-4-8-18)25(30)22-16-27-23-10-9-17(6-5-11-29)12-21(22)23/h2-4,7-10,12-16,24,27-29H,5-6,11H2,1H3. The fourth-order valence-electron chi connectivity index (χ4n) is 3.69. The van der Waals surface area contributed by atoms with E-state index in [0.29, 0.717) is 23.4 Å². The van der Waals surface area contributed by atoms with Gasteiger partial charge in [-0.25, -0.2) is 0 Å². The van der Waals surface area contributed by atoms with Crippen molar-refractivity contribution < 1.29 is 14.6 Å². The molecule has 0 saturated carbocycles. The molecule has 2 aromatic heterocycles. The van der Waals surface area contributed by atoms with E-state index in [1.807, 2.05) is 54.6 Å². The number of methoxy groups -OCH3 is 1. The van der Waals surface area contributed by atoms with E-state index in [1.165, 1.54) is 0 Å². The quantitative estimate of drug-likeness (QED) is 0.350. The van der Waals surface area contributed by atoms with Gasteiger partial charge in [-0.15, -0.1) is 0 Å². The molecule has 1 atom stereocenters. The van der Waals surface area contributed by atoms with Gasteiger partial charge >= 0.3 is 0 Å². The largest absolute Gasteiger partial charge is 0.495 e. The van der Waals surface area contributed by atoms with Crippen LogP contribution in [0.5, 0.6) is 5.75 Å². The number of H-pyrrole nitrogens is 1. The molecule has 6 nitrogen and oxygen atoms in total. The minimum Gasteiger partial charge on any atom is -0.495 e. The van der Waals surface area contributed by atoms with Crippen molar-refractivity contribution in [3.05, 3.63) is 89.9 Å². The Morgan fingerprint density at radius 3 is 2.77 bits per heavy atom. The Labute approximate surface area is 180 Å². The number of carbonyl (C=O) groups is 1. The van der Waals surface area contributed by atoms with Gasteiger partial charge in [0.15, 0.2) is 5.78 Å². The van der Waals surface area contributed by atoms with Gasteiger partial charge in [0.05, 0.1) is 25.2 Å². The summed E-state index contributed by atoms with van der Waals surface area (Å²) in [5.74, 6) is 0.574. The van der Waals surface area contributed by atoms with Gasteiger partial charge in [-0.05, 0) is 36.1 Å². The second kappa shape index (κ2) is 9.45. The first-order valence-corrected chi connectivity index (χ1v) is 10.2. The van der Waals surface area contributed by atoms with Crippen LogP contribution in [0.3, 0.4) is 0 Å². The van der Waals surface area contributed by atoms with Crippen molar-refractivity contribution in [2.24, 2.45) is 0 Å². The highest BCUT2D eigenvalue weighted by atomic mass is 16.5. The lowest BCUT2D eigenvalue weighted by atomic mass is 9.96.